The Morgan fingerprint density at radius 3 is 2.87 bits per heavy atom. The Hall–Kier alpha value is -2.13. The van der Waals surface area contributed by atoms with Crippen LogP contribution in [0.5, 0.6) is 0 Å². The van der Waals surface area contributed by atoms with Crippen molar-refractivity contribution in [2.45, 2.75) is 26.6 Å². The lowest BCUT2D eigenvalue weighted by Gasteiger charge is -2.27. The van der Waals surface area contributed by atoms with E-state index in [1.807, 2.05) is 10.8 Å². The van der Waals surface area contributed by atoms with Crippen molar-refractivity contribution in [3.63, 3.8) is 0 Å². The molecular formula is C14H18N4O4S. The molecule has 1 N–H and O–H groups in total. The molecule has 0 aromatic carbocycles. The molecule has 0 fully saturated rings. The van der Waals surface area contributed by atoms with Gasteiger partial charge in [0.05, 0.1) is 36.9 Å². The summed E-state index contributed by atoms with van der Waals surface area (Å²) in [6.45, 7) is 3.50. The van der Waals surface area contributed by atoms with Gasteiger partial charge in [-0.3, -0.25) is 4.79 Å². The van der Waals surface area contributed by atoms with Gasteiger partial charge in [0.15, 0.2) is 0 Å². The Morgan fingerprint density at radius 2 is 2.22 bits per heavy atom. The number of carbonyl (C=O) groups is 1. The third kappa shape index (κ3) is 3.45. The largest absolute Gasteiger partial charge is 0.469 e. The molecule has 0 atom stereocenters. The number of nitrogens with zero attached hydrogens (tertiary/aromatic N) is 3. The first-order valence-corrected chi connectivity index (χ1v) is 9.05. The summed E-state index contributed by atoms with van der Waals surface area (Å²) in [6, 6.07) is 1.67. The van der Waals surface area contributed by atoms with Crippen LogP contribution in [-0.4, -0.2) is 41.6 Å². The van der Waals surface area contributed by atoms with E-state index in [4.69, 9.17) is 4.42 Å². The Labute approximate surface area is 134 Å². The van der Waals surface area contributed by atoms with Crippen LogP contribution < -0.4 is 4.72 Å². The monoisotopic (exact) mass is 338 g/mol. The number of aromatic nitrogens is 2. The second-order valence-corrected chi connectivity index (χ2v) is 7.39. The molecule has 0 spiro atoms. The van der Waals surface area contributed by atoms with E-state index in [-0.39, 0.29) is 12.5 Å². The average Bonchev–Trinajstić information content (AvgIpc) is 3.08. The highest BCUT2D eigenvalue weighted by molar-refractivity contribution is 7.88. The molecule has 0 bridgehead atoms. The van der Waals surface area contributed by atoms with Crippen LogP contribution in [0, 0.1) is 6.92 Å². The van der Waals surface area contributed by atoms with Crippen molar-refractivity contribution in [3.05, 3.63) is 41.4 Å². The minimum atomic E-state index is -3.26. The van der Waals surface area contributed by atoms with Crippen molar-refractivity contribution >= 4 is 15.9 Å². The van der Waals surface area contributed by atoms with Crippen molar-refractivity contribution in [2.75, 3.05) is 12.8 Å². The molecule has 8 nitrogen and oxygen atoms in total. The Bertz CT molecular complexity index is 837. The summed E-state index contributed by atoms with van der Waals surface area (Å²) in [7, 11) is -3.26. The minimum Gasteiger partial charge on any atom is -0.469 e. The third-order valence-electron chi connectivity index (χ3n) is 3.74. The normalized spacial score (nSPS) is 14.8. The van der Waals surface area contributed by atoms with Gasteiger partial charge in [-0.2, -0.15) is 0 Å². The number of furan rings is 1. The molecule has 1 amide bonds. The smallest absolute Gasteiger partial charge is 0.257 e. The SMILES string of the molecule is Cc1occc1C(=O)N1CCn2cc(CNS(C)(=O)=O)nc2C1. The summed E-state index contributed by atoms with van der Waals surface area (Å²) in [5.41, 5.74) is 1.20. The van der Waals surface area contributed by atoms with Crippen LogP contribution >= 0.6 is 0 Å². The average molecular weight is 338 g/mol. The van der Waals surface area contributed by atoms with Gasteiger partial charge in [0, 0.05) is 19.3 Å². The summed E-state index contributed by atoms with van der Waals surface area (Å²) >= 11 is 0. The van der Waals surface area contributed by atoms with E-state index in [2.05, 4.69) is 9.71 Å². The molecule has 1 aliphatic heterocycles. The molecule has 0 saturated carbocycles. The summed E-state index contributed by atoms with van der Waals surface area (Å²) in [4.78, 5) is 18.6. The van der Waals surface area contributed by atoms with Crippen LogP contribution in [0.15, 0.2) is 22.9 Å². The van der Waals surface area contributed by atoms with Crippen LogP contribution in [0.25, 0.3) is 0 Å². The topological polar surface area (TPSA) is 97.4 Å². The number of carbonyl (C=O) groups excluding carboxylic acids is 1. The van der Waals surface area contributed by atoms with E-state index in [9.17, 15) is 13.2 Å². The number of aryl methyl sites for hydroxylation is 1. The molecule has 9 heteroatoms. The zero-order valence-electron chi connectivity index (χ0n) is 12.9. The lowest BCUT2D eigenvalue weighted by atomic mass is 10.2. The molecule has 0 radical (unpaired) electrons. The van der Waals surface area contributed by atoms with Crippen molar-refractivity contribution in [3.8, 4) is 0 Å². The lowest BCUT2D eigenvalue weighted by molar-refractivity contribution is 0.0705. The molecule has 23 heavy (non-hydrogen) atoms. The predicted octanol–water partition coefficient (Wildman–Crippen LogP) is 0.490. The molecular weight excluding hydrogens is 320 g/mol. The number of sulfonamides is 1. The van der Waals surface area contributed by atoms with Gasteiger partial charge in [-0.25, -0.2) is 18.1 Å². The van der Waals surface area contributed by atoms with Gasteiger partial charge in [-0.15, -0.1) is 0 Å². The van der Waals surface area contributed by atoms with E-state index in [1.54, 1.807) is 17.9 Å². The first-order valence-electron chi connectivity index (χ1n) is 7.16. The number of rotatable bonds is 4. The third-order valence-corrected chi connectivity index (χ3v) is 4.41. The van der Waals surface area contributed by atoms with Gasteiger partial charge in [-0.1, -0.05) is 0 Å². The number of fused-ring (bicyclic) bond motifs is 1. The molecule has 2 aromatic rings. The molecule has 0 aliphatic carbocycles. The molecule has 0 unspecified atom stereocenters. The van der Waals surface area contributed by atoms with Crippen molar-refractivity contribution < 1.29 is 17.6 Å². The summed E-state index contributed by atoms with van der Waals surface area (Å²) < 4.78 is 31.8. The highest BCUT2D eigenvalue weighted by Crippen LogP contribution is 2.18. The van der Waals surface area contributed by atoms with Crippen LogP contribution in [-0.2, 0) is 29.7 Å². The van der Waals surface area contributed by atoms with Crippen LogP contribution in [0.4, 0.5) is 0 Å². The number of hydrogen-bond acceptors (Lipinski definition) is 5. The van der Waals surface area contributed by atoms with Crippen LogP contribution in [0.2, 0.25) is 0 Å². The second kappa shape index (κ2) is 5.82. The summed E-state index contributed by atoms with van der Waals surface area (Å²) in [5, 5.41) is 0. The quantitative estimate of drug-likeness (QED) is 0.875. The summed E-state index contributed by atoms with van der Waals surface area (Å²) in [5.74, 6) is 1.26. The van der Waals surface area contributed by atoms with Gasteiger partial charge in [0.2, 0.25) is 10.0 Å². The summed E-state index contributed by atoms with van der Waals surface area (Å²) in [6.07, 6.45) is 4.43. The fourth-order valence-corrected chi connectivity index (χ4v) is 2.96. The maximum Gasteiger partial charge on any atom is 0.257 e. The first-order chi connectivity index (χ1) is 10.8. The molecule has 2 aromatic heterocycles. The number of amides is 1. The lowest BCUT2D eigenvalue weighted by Crippen LogP contribution is -2.38. The van der Waals surface area contributed by atoms with Gasteiger partial charge < -0.3 is 13.9 Å². The number of nitrogens with one attached hydrogen (secondary N) is 1. The minimum absolute atomic E-state index is 0.0821. The van der Waals surface area contributed by atoms with E-state index < -0.39 is 10.0 Å². The van der Waals surface area contributed by atoms with Gasteiger partial charge >= 0.3 is 0 Å². The molecule has 1 aliphatic rings. The molecule has 3 heterocycles. The van der Waals surface area contributed by atoms with Gasteiger partial charge in [0.1, 0.15) is 11.6 Å². The Morgan fingerprint density at radius 1 is 1.43 bits per heavy atom. The van der Waals surface area contributed by atoms with Crippen molar-refractivity contribution in [1.29, 1.82) is 0 Å². The van der Waals surface area contributed by atoms with Crippen LogP contribution in [0.3, 0.4) is 0 Å². The number of hydrogen-bond donors (Lipinski definition) is 1. The van der Waals surface area contributed by atoms with E-state index in [0.29, 0.717) is 36.7 Å². The fourth-order valence-electron chi connectivity index (χ4n) is 2.55. The Kier molecular flexibility index (Phi) is 3.99. The van der Waals surface area contributed by atoms with Gasteiger partial charge in [-0.05, 0) is 13.0 Å². The van der Waals surface area contributed by atoms with E-state index >= 15 is 0 Å². The second-order valence-electron chi connectivity index (χ2n) is 5.55. The fraction of sp³-hybridized carbons (Fsp3) is 0.429. The highest BCUT2D eigenvalue weighted by Gasteiger charge is 2.25. The maximum absolute atomic E-state index is 12.5. The van der Waals surface area contributed by atoms with Crippen molar-refractivity contribution in [1.82, 2.24) is 19.2 Å². The van der Waals surface area contributed by atoms with E-state index in [1.165, 1.54) is 6.26 Å². The van der Waals surface area contributed by atoms with E-state index in [0.717, 1.165) is 12.1 Å². The maximum atomic E-state index is 12.5. The highest BCUT2D eigenvalue weighted by atomic mass is 32.2. The zero-order chi connectivity index (χ0) is 16.6. The zero-order valence-corrected chi connectivity index (χ0v) is 13.8. The van der Waals surface area contributed by atoms with Crippen LogP contribution in [0.1, 0.15) is 27.6 Å². The predicted molar refractivity (Wildman–Crippen MR) is 82.1 cm³/mol. The Balaban J connectivity index is 1.72. The standard InChI is InChI=1S/C14H18N4O4S/c1-10-12(3-6-22-10)14(19)18-5-4-17-8-11(16-13(17)9-18)7-15-23(2,20)21/h3,6,8,15H,4-5,7,9H2,1-2H3. The molecule has 124 valence electrons. The molecule has 3 rings (SSSR count). The molecule has 0 saturated heterocycles. The van der Waals surface area contributed by atoms with Gasteiger partial charge in [0.25, 0.3) is 5.91 Å². The number of imidazole rings is 1. The van der Waals surface area contributed by atoms with Crippen molar-refractivity contribution in [2.24, 2.45) is 0 Å². The first kappa shape index (κ1) is 15.8.